The van der Waals surface area contributed by atoms with Crippen LogP contribution in [0.25, 0.3) is 0 Å². The summed E-state index contributed by atoms with van der Waals surface area (Å²) in [4.78, 5) is 73.2. The van der Waals surface area contributed by atoms with Crippen LogP contribution in [0.1, 0.15) is 297 Å². The first-order valence-electron chi connectivity index (χ1n) is 41.7. The van der Waals surface area contributed by atoms with Gasteiger partial charge < -0.3 is 33.8 Å². The number of carbonyl (C=O) groups is 4. The fourth-order valence-electron chi connectivity index (χ4n) is 10.4. The molecule has 3 N–H and O–H groups in total. The monoisotopic (exact) mass is 1570 g/mol. The van der Waals surface area contributed by atoms with Crippen LogP contribution in [-0.4, -0.2) is 96.7 Å². The Morgan fingerprint density at radius 2 is 0.464 bits per heavy atom. The molecule has 0 spiro atoms. The minimum absolute atomic E-state index is 0.0249. The Balaban J connectivity index is 5.49. The van der Waals surface area contributed by atoms with Gasteiger partial charge in [-0.15, -0.1) is 0 Å². The van der Waals surface area contributed by atoms with E-state index in [1.165, 1.54) is 0 Å². The maximum absolute atomic E-state index is 13.1. The van der Waals surface area contributed by atoms with Crippen molar-refractivity contribution in [3.05, 3.63) is 194 Å². The van der Waals surface area contributed by atoms with E-state index in [1.54, 1.807) is 0 Å². The van der Waals surface area contributed by atoms with E-state index in [1.807, 2.05) is 18.2 Å². The molecule has 622 valence electrons. The number of unbranched alkanes of at least 4 members (excludes halogenated alkanes) is 18. The number of aliphatic hydroxyl groups is 1. The maximum Gasteiger partial charge on any atom is 0.472 e. The van der Waals surface area contributed by atoms with E-state index in [0.717, 1.165) is 212 Å². The van der Waals surface area contributed by atoms with Crippen LogP contribution in [-0.2, 0) is 65.4 Å². The fraction of sp³-hybridized carbons (Fsp3) is 0.604. The van der Waals surface area contributed by atoms with E-state index in [4.69, 9.17) is 37.0 Å². The topological polar surface area (TPSA) is 237 Å². The van der Waals surface area contributed by atoms with Crippen LogP contribution in [0.15, 0.2) is 194 Å². The normalized spacial score (nSPS) is 14.8. The second-order valence-corrected chi connectivity index (χ2v) is 29.8. The third-order valence-electron chi connectivity index (χ3n) is 16.6. The van der Waals surface area contributed by atoms with Crippen LogP contribution in [0, 0.1) is 0 Å². The van der Waals surface area contributed by atoms with Crippen LogP contribution in [0.5, 0.6) is 0 Å². The molecule has 0 aliphatic rings. The first kappa shape index (κ1) is 104. The van der Waals surface area contributed by atoms with E-state index in [-0.39, 0.29) is 25.7 Å². The van der Waals surface area contributed by atoms with Crippen molar-refractivity contribution in [2.24, 2.45) is 0 Å². The smallest absolute Gasteiger partial charge is 0.462 e. The second-order valence-electron chi connectivity index (χ2n) is 26.9. The average molecular weight is 1570 g/mol. The summed E-state index contributed by atoms with van der Waals surface area (Å²) in [5.41, 5.74) is 0. The molecule has 0 amide bonds. The van der Waals surface area contributed by atoms with E-state index >= 15 is 0 Å². The molecule has 0 heterocycles. The first-order valence-corrected chi connectivity index (χ1v) is 44.7. The second kappa shape index (κ2) is 80.9. The minimum Gasteiger partial charge on any atom is -0.462 e. The third-order valence-corrected chi connectivity index (χ3v) is 18.5. The van der Waals surface area contributed by atoms with Crippen molar-refractivity contribution < 1.29 is 80.2 Å². The van der Waals surface area contributed by atoms with Gasteiger partial charge in [0.1, 0.15) is 19.3 Å². The molecule has 19 heteroatoms. The van der Waals surface area contributed by atoms with Gasteiger partial charge in [0, 0.05) is 25.7 Å². The van der Waals surface area contributed by atoms with Crippen molar-refractivity contribution in [1.29, 1.82) is 0 Å². The Bertz CT molecular complexity index is 2850. The summed E-state index contributed by atoms with van der Waals surface area (Å²) in [5, 5.41) is 10.7. The van der Waals surface area contributed by atoms with Crippen molar-refractivity contribution in [1.82, 2.24) is 0 Å². The van der Waals surface area contributed by atoms with E-state index in [9.17, 15) is 43.2 Å². The molecule has 0 aliphatic heterocycles. The molecule has 0 rings (SSSR count). The molecule has 0 bridgehead atoms. The van der Waals surface area contributed by atoms with Gasteiger partial charge in [0.15, 0.2) is 12.2 Å². The van der Waals surface area contributed by atoms with Gasteiger partial charge in [-0.25, -0.2) is 9.13 Å². The highest BCUT2D eigenvalue weighted by molar-refractivity contribution is 7.47. The number of phosphoric ester groups is 2. The summed E-state index contributed by atoms with van der Waals surface area (Å²) in [5.74, 6) is -2.33. The van der Waals surface area contributed by atoms with Crippen molar-refractivity contribution in [3.63, 3.8) is 0 Å². The molecular formula is C91H146O17P2. The molecule has 17 nitrogen and oxygen atoms in total. The first-order chi connectivity index (χ1) is 53.7. The molecule has 0 aromatic heterocycles. The lowest BCUT2D eigenvalue weighted by Crippen LogP contribution is -2.30. The number of phosphoric acid groups is 2. The van der Waals surface area contributed by atoms with Gasteiger partial charge in [0.25, 0.3) is 0 Å². The van der Waals surface area contributed by atoms with Crippen molar-refractivity contribution in [2.75, 3.05) is 39.6 Å². The molecule has 110 heavy (non-hydrogen) atoms. The molecule has 0 saturated heterocycles. The van der Waals surface area contributed by atoms with Gasteiger partial charge >= 0.3 is 39.5 Å². The third kappa shape index (κ3) is 80.0. The predicted octanol–water partition coefficient (Wildman–Crippen LogP) is 24.9. The van der Waals surface area contributed by atoms with E-state index in [0.29, 0.717) is 32.1 Å². The summed E-state index contributed by atoms with van der Waals surface area (Å²) in [6.45, 7) is 4.29. The summed E-state index contributed by atoms with van der Waals surface area (Å²) < 4.78 is 68.7. The fourth-order valence-corrected chi connectivity index (χ4v) is 12.0. The molecular weight excluding hydrogens is 1430 g/mol. The summed E-state index contributed by atoms with van der Waals surface area (Å²) >= 11 is 0. The van der Waals surface area contributed by atoms with E-state index < -0.39 is 97.5 Å². The highest BCUT2D eigenvalue weighted by Crippen LogP contribution is 2.45. The van der Waals surface area contributed by atoms with Crippen LogP contribution in [0.2, 0.25) is 0 Å². The Morgan fingerprint density at radius 3 is 0.736 bits per heavy atom. The van der Waals surface area contributed by atoms with Crippen molar-refractivity contribution in [3.8, 4) is 0 Å². The molecule has 0 fully saturated rings. The molecule has 0 aromatic rings. The van der Waals surface area contributed by atoms with Crippen LogP contribution >= 0.6 is 15.6 Å². The number of esters is 4. The SMILES string of the molecule is CC/C=C\C/C=C\C/C=C\C/C=C\C/C=C\C/C=C\CCC(=O)OCC(COP(=O)(O)OCC(O)COP(=O)(O)OCC(COC(=O)CCCCCCCC/C=C\C/C=C\C/C=C\C/C=C\CC)OC(=O)CCCCCCCCC/C=C\C/C=C\C/C=C\CC)OC(=O)CCCCCCC/C=C\C/C=C\C/C=C\CC. The Kier molecular flexibility index (Phi) is 76.4. The number of hydrogen-bond acceptors (Lipinski definition) is 15. The van der Waals surface area contributed by atoms with Gasteiger partial charge in [-0.3, -0.25) is 37.3 Å². The van der Waals surface area contributed by atoms with Crippen LogP contribution in [0.4, 0.5) is 0 Å². The Morgan fingerprint density at radius 1 is 0.255 bits per heavy atom. The Labute approximate surface area is 666 Å². The molecule has 5 atom stereocenters. The number of hydrogen-bond donors (Lipinski definition) is 3. The highest BCUT2D eigenvalue weighted by Gasteiger charge is 2.30. The predicted molar refractivity (Wildman–Crippen MR) is 454 cm³/mol. The molecule has 5 unspecified atom stereocenters. The minimum atomic E-state index is -5.01. The lowest BCUT2D eigenvalue weighted by atomic mass is 10.1. The maximum atomic E-state index is 13.1. The summed E-state index contributed by atoms with van der Waals surface area (Å²) in [6.07, 6.45) is 99.8. The van der Waals surface area contributed by atoms with Crippen LogP contribution in [0.3, 0.4) is 0 Å². The molecule has 0 aromatic carbocycles. The van der Waals surface area contributed by atoms with Gasteiger partial charge in [-0.2, -0.15) is 0 Å². The summed E-state index contributed by atoms with van der Waals surface area (Å²) in [7, 11) is -10.0. The van der Waals surface area contributed by atoms with Crippen molar-refractivity contribution in [2.45, 2.75) is 316 Å². The zero-order valence-electron chi connectivity index (χ0n) is 68.1. The average Bonchev–Trinajstić information content (AvgIpc) is 0.899. The van der Waals surface area contributed by atoms with Crippen LogP contribution < -0.4 is 0 Å². The Hall–Kier alpha value is -6.10. The van der Waals surface area contributed by atoms with Crippen molar-refractivity contribution >= 4 is 39.5 Å². The van der Waals surface area contributed by atoms with Gasteiger partial charge in [0.05, 0.1) is 26.4 Å². The molecule has 0 aliphatic carbocycles. The number of allylic oxidation sites excluding steroid dienone is 32. The van der Waals surface area contributed by atoms with Gasteiger partial charge in [0.2, 0.25) is 0 Å². The van der Waals surface area contributed by atoms with Gasteiger partial charge in [-0.05, 0) is 167 Å². The lowest BCUT2D eigenvalue weighted by molar-refractivity contribution is -0.161. The zero-order valence-corrected chi connectivity index (χ0v) is 69.9. The highest BCUT2D eigenvalue weighted by atomic mass is 31.2. The summed E-state index contributed by atoms with van der Waals surface area (Å²) in [6, 6.07) is 0. The zero-order chi connectivity index (χ0) is 80.3. The quantitative estimate of drug-likeness (QED) is 0.0169. The number of rotatable bonds is 76. The van der Waals surface area contributed by atoms with E-state index in [2.05, 4.69) is 204 Å². The lowest BCUT2D eigenvalue weighted by Gasteiger charge is -2.21. The number of carbonyl (C=O) groups excluding carboxylic acids is 4. The number of aliphatic hydroxyl groups excluding tert-OH is 1. The molecule has 0 radical (unpaired) electrons. The number of ether oxygens (including phenoxy) is 4. The largest absolute Gasteiger partial charge is 0.472 e. The van der Waals surface area contributed by atoms with Gasteiger partial charge in [-0.1, -0.05) is 299 Å². The standard InChI is InChI=1S/C91H146O17P2/c1-5-9-13-17-21-25-29-33-37-40-42-45-48-51-55-59-63-67-71-75-88(93)101-81-86(107-90(95)77-73-69-65-61-57-53-47-36-32-28-24-20-16-12-8-4)83-105-109(97,98)103-79-85(92)80-104-110(99,100)106-84-87(108-91(96)78-74-70-66-62-58-54-50-44-39-35-31-27-23-19-15-11-7-3)82-102-89(94)76-72-68-64-60-56-52-49-46-43-41-38-34-30-26-22-18-14-10-6-2/h9-16,21-28,33-39,42-43,45-47,51,55,63,67,85-87,92H,5-8,17-20,29-32,40-41,44,48-50,52-54,56-62,64-66,68-84H2,1-4H3,(H,97,98)(H,99,100)/b13-9-,14-10-,15-11-,16-12-,25-21-,26-22-,27-23-,28-24-,37-33-,38-34-,39-35-,45-42-,46-43-,47-36-,55-51-,67-63-. The molecule has 0 saturated carbocycles.